The number of allylic oxidation sites excluding steroid dienone is 2. The minimum absolute atomic E-state index is 0.595. The molecule has 128 valence electrons. The van der Waals surface area contributed by atoms with Crippen LogP contribution in [0, 0.1) is 0 Å². The van der Waals surface area contributed by atoms with Crippen molar-refractivity contribution in [1.82, 2.24) is 0 Å². The second kappa shape index (κ2) is 14.6. The molecule has 0 saturated carbocycles. The second-order valence-corrected chi connectivity index (χ2v) is 7.49. The van der Waals surface area contributed by atoms with E-state index in [0.29, 0.717) is 5.25 Å². The van der Waals surface area contributed by atoms with Crippen LogP contribution in [0.25, 0.3) is 0 Å². The summed E-state index contributed by atoms with van der Waals surface area (Å²) in [6, 6.07) is 10.8. The third-order valence-electron chi connectivity index (χ3n) is 4.00. The van der Waals surface area contributed by atoms with Crippen LogP contribution in [0.5, 0.6) is 0 Å². The van der Waals surface area contributed by atoms with Gasteiger partial charge in [-0.15, -0.1) is 18.3 Å². The molecule has 0 aromatic heterocycles. The van der Waals surface area contributed by atoms with Crippen LogP contribution in [0.15, 0.2) is 60.0 Å². The first-order valence-electron chi connectivity index (χ1n) is 9.36. The van der Waals surface area contributed by atoms with E-state index >= 15 is 0 Å². The lowest BCUT2D eigenvalue weighted by molar-refractivity contribution is 0.611. The molecule has 0 saturated heterocycles. The summed E-state index contributed by atoms with van der Waals surface area (Å²) in [5.41, 5.74) is 0. The molecule has 1 rings (SSSR count). The van der Waals surface area contributed by atoms with Crippen LogP contribution in [0.1, 0.15) is 71.1 Å². The third kappa shape index (κ3) is 11.3. The number of hydrogen-bond donors (Lipinski definition) is 0. The molecule has 0 N–H and O–H groups in total. The smallest absolute Gasteiger partial charge is 0.0274 e. The first-order chi connectivity index (χ1) is 11.4. The van der Waals surface area contributed by atoms with E-state index in [-0.39, 0.29) is 0 Å². The summed E-state index contributed by atoms with van der Waals surface area (Å²) in [5, 5.41) is 0.595. The van der Waals surface area contributed by atoms with Crippen LogP contribution in [-0.2, 0) is 0 Å². The lowest BCUT2D eigenvalue weighted by Gasteiger charge is -2.12. The van der Waals surface area contributed by atoms with Gasteiger partial charge in [-0.05, 0) is 44.2 Å². The van der Waals surface area contributed by atoms with Crippen molar-refractivity contribution in [2.45, 2.75) is 81.3 Å². The maximum absolute atomic E-state index is 3.83. The molecular weight excluding hydrogens is 296 g/mol. The fourth-order valence-corrected chi connectivity index (χ4v) is 3.76. The lowest BCUT2D eigenvalue weighted by atomic mass is 10.1. The van der Waals surface area contributed by atoms with Crippen LogP contribution in [-0.4, -0.2) is 5.25 Å². The van der Waals surface area contributed by atoms with E-state index in [1.165, 1.54) is 62.7 Å². The predicted octanol–water partition coefficient (Wildman–Crippen LogP) is 7.81. The Bertz CT molecular complexity index is 407. The highest BCUT2D eigenvalue weighted by atomic mass is 32.2. The fraction of sp³-hybridized carbons (Fsp3) is 0.545. The van der Waals surface area contributed by atoms with E-state index < -0.39 is 0 Å². The van der Waals surface area contributed by atoms with Gasteiger partial charge in [-0.1, -0.05) is 75.5 Å². The Labute approximate surface area is 148 Å². The molecule has 0 fully saturated rings. The molecule has 1 aromatic carbocycles. The van der Waals surface area contributed by atoms with Gasteiger partial charge in [0, 0.05) is 10.1 Å². The van der Waals surface area contributed by atoms with Crippen molar-refractivity contribution in [2.24, 2.45) is 0 Å². The average molecular weight is 331 g/mol. The molecule has 0 spiro atoms. The van der Waals surface area contributed by atoms with Gasteiger partial charge in [-0.25, -0.2) is 0 Å². The summed E-state index contributed by atoms with van der Waals surface area (Å²) >= 11 is 1.99. The van der Waals surface area contributed by atoms with Gasteiger partial charge in [0.1, 0.15) is 0 Å². The van der Waals surface area contributed by atoms with Crippen molar-refractivity contribution in [3.8, 4) is 0 Å². The highest BCUT2D eigenvalue weighted by Gasteiger charge is 2.06. The summed E-state index contributed by atoms with van der Waals surface area (Å²) < 4.78 is 0. The van der Waals surface area contributed by atoms with Gasteiger partial charge in [0.05, 0.1) is 0 Å². The quantitative estimate of drug-likeness (QED) is 0.190. The van der Waals surface area contributed by atoms with Gasteiger partial charge in [0.25, 0.3) is 0 Å². The summed E-state index contributed by atoms with van der Waals surface area (Å²) in [5.74, 6) is 0. The number of unbranched alkanes of at least 4 members (excludes halogenated alkanes) is 7. The fourth-order valence-electron chi connectivity index (χ4n) is 2.62. The standard InChI is InChI=1S/C22H34S/c1-3-5-7-8-9-10-11-14-18-21(17-13-6-4-2)23-22-19-15-12-16-20-22/h4,12,14-16,18-21H,2-3,5-11,13,17H2,1H3/b18-14-. The first kappa shape index (κ1) is 20.1. The van der Waals surface area contributed by atoms with Crippen molar-refractivity contribution in [3.05, 3.63) is 55.1 Å². The second-order valence-electron chi connectivity index (χ2n) is 6.17. The monoisotopic (exact) mass is 330 g/mol. The summed E-state index contributed by atoms with van der Waals surface area (Å²) in [4.78, 5) is 1.38. The molecule has 1 unspecified atom stereocenters. The van der Waals surface area contributed by atoms with E-state index in [4.69, 9.17) is 0 Å². The molecule has 0 radical (unpaired) electrons. The van der Waals surface area contributed by atoms with Gasteiger partial charge in [-0.3, -0.25) is 0 Å². The molecule has 0 amide bonds. The maximum atomic E-state index is 3.83. The predicted molar refractivity (Wildman–Crippen MR) is 107 cm³/mol. The number of benzene rings is 1. The van der Waals surface area contributed by atoms with E-state index in [2.05, 4.69) is 56.0 Å². The van der Waals surface area contributed by atoms with Gasteiger partial charge in [0.15, 0.2) is 0 Å². The van der Waals surface area contributed by atoms with Crippen LogP contribution in [0.4, 0.5) is 0 Å². The Kier molecular flexibility index (Phi) is 12.8. The minimum atomic E-state index is 0.595. The maximum Gasteiger partial charge on any atom is 0.0274 e. The Morgan fingerprint density at radius 2 is 1.70 bits per heavy atom. The van der Waals surface area contributed by atoms with Crippen LogP contribution in [0.3, 0.4) is 0 Å². The summed E-state index contributed by atoms with van der Waals surface area (Å²) in [6.45, 7) is 6.11. The molecule has 1 heteroatoms. The van der Waals surface area contributed by atoms with Gasteiger partial charge in [-0.2, -0.15) is 0 Å². The molecular formula is C22H34S. The molecule has 0 heterocycles. The largest absolute Gasteiger partial charge is 0.119 e. The highest BCUT2D eigenvalue weighted by Crippen LogP contribution is 2.27. The topological polar surface area (TPSA) is 0 Å². The molecule has 0 nitrogen and oxygen atoms in total. The SMILES string of the molecule is C=CCCCC(/C=C\CCCCCCCC)Sc1ccccc1. The summed E-state index contributed by atoms with van der Waals surface area (Å²) in [6.07, 6.45) is 20.0. The zero-order chi connectivity index (χ0) is 16.6. The molecule has 23 heavy (non-hydrogen) atoms. The molecule has 0 aliphatic carbocycles. The lowest BCUT2D eigenvalue weighted by Crippen LogP contribution is -1.98. The molecule has 0 aliphatic rings. The Morgan fingerprint density at radius 3 is 2.43 bits per heavy atom. The number of thioether (sulfide) groups is 1. The Balaban J connectivity index is 2.30. The van der Waals surface area contributed by atoms with Crippen molar-refractivity contribution in [1.29, 1.82) is 0 Å². The van der Waals surface area contributed by atoms with Crippen molar-refractivity contribution in [2.75, 3.05) is 0 Å². The van der Waals surface area contributed by atoms with Crippen LogP contribution < -0.4 is 0 Å². The van der Waals surface area contributed by atoms with Gasteiger partial charge < -0.3 is 0 Å². The van der Waals surface area contributed by atoms with Crippen LogP contribution >= 0.6 is 11.8 Å². The zero-order valence-corrected chi connectivity index (χ0v) is 15.7. The van der Waals surface area contributed by atoms with E-state index in [9.17, 15) is 0 Å². The Hall–Kier alpha value is -0.950. The third-order valence-corrected chi connectivity index (χ3v) is 5.24. The molecule has 1 atom stereocenters. The van der Waals surface area contributed by atoms with Gasteiger partial charge >= 0.3 is 0 Å². The van der Waals surface area contributed by atoms with Crippen molar-refractivity contribution < 1.29 is 0 Å². The number of rotatable bonds is 14. The number of hydrogen-bond acceptors (Lipinski definition) is 1. The van der Waals surface area contributed by atoms with Crippen molar-refractivity contribution >= 4 is 11.8 Å². The minimum Gasteiger partial charge on any atom is -0.119 e. The van der Waals surface area contributed by atoms with E-state index in [1.54, 1.807) is 0 Å². The van der Waals surface area contributed by atoms with Gasteiger partial charge in [0.2, 0.25) is 0 Å². The first-order valence-corrected chi connectivity index (χ1v) is 10.2. The van der Waals surface area contributed by atoms with E-state index in [1.807, 2.05) is 17.8 Å². The molecule has 1 aromatic rings. The van der Waals surface area contributed by atoms with E-state index in [0.717, 1.165) is 6.42 Å². The summed E-state index contributed by atoms with van der Waals surface area (Å²) in [7, 11) is 0. The Morgan fingerprint density at radius 1 is 0.957 bits per heavy atom. The zero-order valence-electron chi connectivity index (χ0n) is 14.9. The van der Waals surface area contributed by atoms with Crippen LogP contribution in [0.2, 0.25) is 0 Å². The highest BCUT2D eigenvalue weighted by molar-refractivity contribution is 8.00. The average Bonchev–Trinajstić information content (AvgIpc) is 2.58. The molecule has 0 bridgehead atoms. The normalized spacial score (nSPS) is 12.6. The van der Waals surface area contributed by atoms with Crippen molar-refractivity contribution in [3.63, 3.8) is 0 Å². The molecule has 0 aliphatic heterocycles.